The van der Waals surface area contributed by atoms with E-state index in [-0.39, 0.29) is 11.3 Å². The van der Waals surface area contributed by atoms with Crippen LogP contribution in [0.5, 0.6) is 0 Å². The van der Waals surface area contributed by atoms with Crippen LogP contribution in [0.3, 0.4) is 0 Å². The van der Waals surface area contributed by atoms with Crippen LogP contribution in [0.15, 0.2) is 36.4 Å². The number of hydrogen-bond acceptors (Lipinski definition) is 3. The first-order valence-electron chi connectivity index (χ1n) is 6.32. The topological polar surface area (TPSA) is 78.1 Å². The molecule has 6 N–H and O–H groups in total. The van der Waals surface area contributed by atoms with Crippen LogP contribution >= 0.6 is 0 Å². The van der Waals surface area contributed by atoms with Crippen LogP contribution in [0, 0.1) is 0 Å². The molecule has 0 heterocycles. The Labute approximate surface area is 120 Å². The van der Waals surface area contributed by atoms with Gasteiger partial charge in [0.05, 0.1) is 5.56 Å². The highest BCUT2D eigenvalue weighted by Crippen LogP contribution is 2.39. The second-order valence-corrected chi connectivity index (χ2v) is 4.94. The summed E-state index contributed by atoms with van der Waals surface area (Å²) in [5.41, 5.74) is 17.6. The molecule has 0 saturated carbocycles. The highest BCUT2D eigenvalue weighted by molar-refractivity contribution is 5.72. The Morgan fingerprint density at radius 2 is 1.52 bits per heavy atom. The predicted molar refractivity (Wildman–Crippen MR) is 78.3 cm³/mol. The number of halogens is 3. The maximum Gasteiger partial charge on any atom is 0.418 e. The molecule has 0 aliphatic carbocycles. The van der Waals surface area contributed by atoms with Gasteiger partial charge in [0.25, 0.3) is 0 Å². The third-order valence-corrected chi connectivity index (χ3v) is 3.25. The van der Waals surface area contributed by atoms with E-state index in [1.54, 1.807) is 37.3 Å². The molecule has 1 atom stereocenters. The second-order valence-electron chi connectivity index (χ2n) is 4.94. The Kier molecular flexibility index (Phi) is 3.82. The van der Waals surface area contributed by atoms with Gasteiger partial charge in [-0.1, -0.05) is 12.1 Å². The van der Waals surface area contributed by atoms with Gasteiger partial charge in [-0.15, -0.1) is 0 Å². The minimum Gasteiger partial charge on any atom is -0.399 e. The Bertz CT molecular complexity index is 646. The van der Waals surface area contributed by atoms with Crippen molar-refractivity contribution in [2.45, 2.75) is 19.1 Å². The van der Waals surface area contributed by atoms with Gasteiger partial charge in [-0.3, -0.25) is 0 Å². The molecule has 0 spiro atoms. The van der Waals surface area contributed by atoms with Crippen molar-refractivity contribution in [3.05, 3.63) is 47.5 Å². The van der Waals surface area contributed by atoms with Gasteiger partial charge < -0.3 is 17.2 Å². The number of nitrogen functional groups attached to an aromatic ring is 2. The fourth-order valence-corrected chi connectivity index (χ4v) is 2.13. The Morgan fingerprint density at radius 1 is 0.952 bits per heavy atom. The van der Waals surface area contributed by atoms with E-state index < -0.39 is 17.8 Å². The van der Waals surface area contributed by atoms with Crippen LogP contribution in [0.25, 0.3) is 11.1 Å². The molecule has 0 aliphatic heterocycles. The molecular weight excluding hydrogens is 279 g/mol. The summed E-state index contributed by atoms with van der Waals surface area (Å²) in [6.45, 7) is 1.60. The van der Waals surface area contributed by atoms with E-state index in [2.05, 4.69) is 0 Å². The van der Waals surface area contributed by atoms with Crippen molar-refractivity contribution in [2.75, 3.05) is 11.5 Å². The lowest BCUT2D eigenvalue weighted by atomic mass is 9.94. The molecule has 0 aliphatic rings. The molecule has 21 heavy (non-hydrogen) atoms. The molecule has 2 aromatic rings. The number of nitrogens with two attached hydrogens (primary N) is 3. The average Bonchev–Trinajstić information content (AvgIpc) is 2.38. The van der Waals surface area contributed by atoms with Crippen LogP contribution < -0.4 is 17.2 Å². The van der Waals surface area contributed by atoms with E-state index in [1.165, 1.54) is 0 Å². The molecule has 2 rings (SSSR count). The van der Waals surface area contributed by atoms with E-state index in [0.717, 1.165) is 6.07 Å². The summed E-state index contributed by atoms with van der Waals surface area (Å²) in [7, 11) is 0. The third-order valence-electron chi connectivity index (χ3n) is 3.25. The van der Waals surface area contributed by atoms with Crippen molar-refractivity contribution in [1.82, 2.24) is 0 Å². The first-order chi connectivity index (χ1) is 9.70. The molecule has 3 nitrogen and oxygen atoms in total. The van der Waals surface area contributed by atoms with Crippen LogP contribution in [0.2, 0.25) is 0 Å². The predicted octanol–water partition coefficient (Wildman–Crippen LogP) is 3.56. The molecule has 0 unspecified atom stereocenters. The lowest BCUT2D eigenvalue weighted by molar-refractivity contribution is -0.136. The fraction of sp³-hybridized carbons (Fsp3) is 0.200. The van der Waals surface area contributed by atoms with Gasteiger partial charge in [0.1, 0.15) is 0 Å². The van der Waals surface area contributed by atoms with Gasteiger partial charge >= 0.3 is 6.18 Å². The zero-order chi connectivity index (χ0) is 15.8. The summed E-state index contributed by atoms with van der Waals surface area (Å²) in [5.74, 6) is 0. The molecule has 0 bridgehead atoms. The SMILES string of the molecule is C[C@@H](N)c1cc(-c2ccc(N)cc2)cc(C(F)(F)F)c1N. The van der Waals surface area contributed by atoms with Crippen molar-refractivity contribution < 1.29 is 13.2 Å². The molecule has 2 aromatic carbocycles. The summed E-state index contributed by atoms with van der Waals surface area (Å²) >= 11 is 0. The second kappa shape index (κ2) is 5.29. The first-order valence-corrected chi connectivity index (χ1v) is 6.32. The van der Waals surface area contributed by atoms with Crippen LogP contribution in [-0.4, -0.2) is 0 Å². The Hall–Kier alpha value is -2.21. The molecule has 0 aromatic heterocycles. The number of hydrogen-bond donors (Lipinski definition) is 3. The van der Waals surface area contributed by atoms with Gasteiger partial charge in [-0.25, -0.2) is 0 Å². The van der Waals surface area contributed by atoms with Gasteiger partial charge in [0, 0.05) is 17.4 Å². The van der Waals surface area contributed by atoms with Crippen molar-refractivity contribution in [3.8, 4) is 11.1 Å². The van der Waals surface area contributed by atoms with Crippen molar-refractivity contribution in [2.24, 2.45) is 5.73 Å². The monoisotopic (exact) mass is 295 g/mol. The molecule has 0 amide bonds. The van der Waals surface area contributed by atoms with Crippen LogP contribution in [0.4, 0.5) is 24.5 Å². The summed E-state index contributed by atoms with van der Waals surface area (Å²) in [6.07, 6.45) is -4.53. The number of anilines is 2. The van der Waals surface area contributed by atoms with Gasteiger partial charge in [0.2, 0.25) is 0 Å². The summed E-state index contributed by atoms with van der Waals surface area (Å²) < 4.78 is 39.3. The van der Waals surface area contributed by atoms with Gasteiger partial charge in [-0.05, 0) is 47.9 Å². The maximum absolute atomic E-state index is 13.1. The van der Waals surface area contributed by atoms with Crippen molar-refractivity contribution in [3.63, 3.8) is 0 Å². The third kappa shape index (κ3) is 3.11. The minimum absolute atomic E-state index is 0.275. The molecular formula is C15H16F3N3. The van der Waals surface area contributed by atoms with E-state index in [1.807, 2.05) is 0 Å². The Balaban J connectivity index is 2.67. The molecule has 0 fully saturated rings. The van der Waals surface area contributed by atoms with Crippen molar-refractivity contribution >= 4 is 11.4 Å². The van der Waals surface area contributed by atoms with E-state index in [9.17, 15) is 13.2 Å². The van der Waals surface area contributed by atoms with Gasteiger partial charge in [-0.2, -0.15) is 13.2 Å². The maximum atomic E-state index is 13.1. The first kappa shape index (κ1) is 15.2. The standard InChI is InChI=1S/C15H16F3N3/c1-8(19)12-6-10(9-2-4-11(20)5-3-9)7-13(14(12)21)15(16,17)18/h2-8H,19-21H2,1H3/t8-/m1/s1. The lowest BCUT2D eigenvalue weighted by Crippen LogP contribution is -2.15. The minimum atomic E-state index is -4.53. The van der Waals surface area contributed by atoms with Crippen LogP contribution in [-0.2, 0) is 6.18 Å². The lowest BCUT2D eigenvalue weighted by Gasteiger charge is -2.18. The zero-order valence-electron chi connectivity index (χ0n) is 11.4. The highest BCUT2D eigenvalue weighted by atomic mass is 19.4. The van der Waals surface area contributed by atoms with Crippen molar-refractivity contribution in [1.29, 1.82) is 0 Å². The van der Waals surface area contributed by atoms with E-state index >= 15 is 0 Å². The number of alkyl halides is 3. The number of rotatable bonds is 2. The average molecular weight is 295 g/mol. The normalized spacial score (nSPS) is 13.2. The van der Waals surface area contributed by atoms with Gasteiger partial charge in [0.15, 0.2) is 0 Å². The molecule has 0 radical (unpaired) electrons. The number of benzene rings is 2. The highest BCUT2D eigenvalue weighted by Gasteiger charge is 2.34. The summed E-state index contributed by atoms with van der Waals surface area (Å²) in [4.78, 5) is 0. The quantitative estimate of drug-likeness (QED) is 0.741. The molecule has 0 saturated heterocycles. The Morgan fingerprint density at radius 3 is 2.00 bits per heavy atom. The fourth-order valence-electron chi connectivity index (χ4n) is 2.13. The summed E-state index contributed by atoms with van der Waals surface area (Å²) in [6, 6.07) is 8.60. The van der Waals surface area contributed by atoms with E-state index in [4.69, 9.17) is 17.2 Å². The zero-order valence-corrected chi connectivity index (χ0v) is 11.4. The smallest absolute Gasteiger partial charge is 0.399 e. The molecule has 112 valence electrons. The largest absolute Gasteiger partial charge is 0.418 e. The van der Waals surface area contributed by atoms with E-state index in [0.29, 0.717) is 16.8 Å². The summed E-state index contributed by atoms with van der Waals surface area (Å²) in [5, 5.41) is 0. The van der Waals surface area contributed by atoms with Crippen LogP contribution in [0.1, 0.15) is 24.1 Å². The molecule has 6 heteroatoms.